The Balaban J connectivity index is 1.82. The lowest BCUT2D eigenvalue weighted by Gasteiger charge is -2.16. The third-order valence-electron chi connectivity index (χ3n) is 4.05. The topological polar surface area (TPSA) is 35.5 Å². The van der Waals surface area contributed by atoms with Crippen LogP contribution in [-0.2, 0) is 17.5 Å². The maximum absolute atomic E-state index is 13.1. The van der Waals surface area contributed by atoms with Gasteiger partial charge in [0.25, 0.3) is 0 Å². The van der Waals surface area contributed by atoms with E-state index < -0.39 is 17.8 Å². The molecule has 1 unspecified atom stereocenters. The number of halogens is 3. The van der Waals surface area contributed by atoms with Crippen molar-refractivity contribution in [3.8, 4) is 5.75 Å². The molecule has 0 bridgehead atoms. The highest BCUT2D eigenvalue weighted by atomic mass is 19.4. The minimum absolute atomic E-state index is 0.107. The average molecular weight is 348 g/mol. The van der Waals surface area contributed by atoms with Gasteiger partial charge in [0.1, 0.15) is 18.1 Å². The molecule has 0 aliphatic heterocycles. The van der Waals surface area contributed by atoms with Gasteiger partial charge >= 0.3 is 6.18 Å². The molecule has 2 aromatic carbocycles. The van der Waals surface area contributed by atoms with Crippen molar-refractivity contribution >= 4 is 12.4 Å². The predicted octanol–water partition coefficient (Wildman–Crippen LogP) is 4.81. The normalized spacial score (nSPS) is 15.9. The lowest BCUT2D eigenvalue weighted by Crippen LogP contribution is -2.09. The van der Waals surface area contributed by atoms with Crippen LogP contribution in [0.1, 0.15) is 38.7 Å². The third kappa shape index (κ3) is 3.44. The highest BCUT2D eigenvalue weighted by Crippen LogP contribution is 2.40. The largest absolute Gasteiger partial charge is 0.496 e. The SMILES string of the molecule is COc1ccc(C=O)cc1COC1C=Cc2c1cccc2C(F)(F)F. The molecule has 1 aliphatic carbocycles. The summed E-state index contributed by atoms with van der Waals surface area (Å²) in [7, 11) is 1.50. The molecule has 0 spiro atoms. The van der Waals surface area contributed by atoms with E-state index in [1.165, 1.54) is 19.3 Å². The first-order chi connectivity index (χ1) is 11.9. The molecule has 0 N–H and O–H groups in total. The molecule has 2 aromatic rings. The van der Waals surface area contributed by atoms with Crippen LogP contribution >= 0.6 is 0 Å². The second-order valence-corrected chi connectivity index (χ2v) is 5.59. The van der Waals surface area contributed by atoms with Gasteiger partial charge in [-0.2, -0.15) is 13.2 Å². The number of alkyl halides is 3. The van der Waals surface area contributed by atoms with E-state index in [0.717, 1.165) is 6.07 Å². The maximum Gasteiger partial charge on any atom is 0.416 e. The van der Waals surface area contributed by atoms with Crippen LogP contribution in [-0.4, -0.2) is 13.4 Å². The minimum atomic E-state index is -4.41. The molecule has 0 aromatic heterocycles. The van der Waals surface area contributed by atoms with Gasteiger partial charge in [-0.15, -0.1) is 0 Å². The second kappa shape index (κ2) is 6.72. The van der Waals surface area contributed by atoms with Crippen molar-refractivity contribution in [2.45, 2.75) is 18.9 Å². The molecule has 25 heavy (non-hydrogen) atoms. The summed E-state index contributed by atoms with van der Waals surface area (Å²) in [6.07, 6.45) is -1.25. The fraction of sp³-hybridized carbons (Fsp3) is 0.211. The lowest BCUT2D eigenvalue weighted by atomic mass is 10.0. The number of benzene rings is 2. The standard InChI is InChI=1S/C19H15F3O3/c1-24-17-7-5-12(10-23)9-13(17)11-25-18-8-6-14-15(18)3-2-4-16(14)19(20,21)22/h2-10,18H,11H2,1H3. The van der Waals surface area contributed by atoms with E-state index in [1.54, 1.807) is 30.3 Å². The van der Waals surface area contributed by atoms with Crippen LogP contribution in [0, 0.1) is 0 Å². The van der Waals surface area contributed by atoms with Gasteiger partial charge in [0.05, 0.1) is 19.3 Å². The van der Waals surface area contributed by atoms with E-state index in [4.69, 9.17) is 9.47 Å². The number of ether oxygens (including phenoxy) is 2. The molecule has 6 heteroatoms. The Bertz CT molecular complexity index is 825. The summed E-state index contributed by atoms with van der Waals surface area (Å²) in [6.45, 7) is 0.107. The maximum atomic E-state index is 13.1. The minimum Gasteiger partial charge on any atom is -0.496 e. The molecule has 0 radical (unpaired) electrons. The number of carbonyl (C=O) groups excluding carboxylic acids is 1. The van der Waals surface area contributed by atoms with Crippen LogP contribution in [0.2, 0.25) is 0 Å². The molecule has 0 saturated carbocycles. The van der Waals surface area contributed by atoms with Gasteiger partial charge in [0.2, 0.25) is 0 Å². The summed E-state index contributed by atoms with van der Waals surface area (Å²) in [5.74, 6) is 0.553. The summed E-state index contributed by atoms with van der Waals surface area (Å²) < 4.78 is 50.2. The Morgan fingerprint density at radius 3 is 2.68 bits per heavy atom. The van der Waals surface area contributed by atoms with Crippen molar-refractivity contribution < 1.29 is 27.4 Å². The number of methoxy groups -OCH3 is 1. The Morgan fingerprint density at radius 2 is 2.00 bits per heavy atom. The molecular weight excluding hydrogens is 333 g/mol. The zero-order valence-corrected chi connectivity index (χ0v) is 13.3. The van der Waals surface area contributed by atoms with Gasteiger partial charge in [-0.3, -0.25) is 4.79 Å². The molecule has 1 aliphatic rings. The van der Waals surface area contributed by atoms with E-state index in [2.05, 4.69) is 0 Å². The Morgan fingerprint density at radius 1 is 1.20 bits per heavy atom. The van der Waals surface area contributed by atoms with Gasteiger partial charge in [-0.1, -0.05) is 24.3 Å². The zero-order chi connectivity index (χ0) is 18.0. The van der Waals surface area contributed by atoms with E-state index >= 15 is 0 Å². The summed E-state index contributed by atoms with van der Waals surface area (Å²) in [5.41, 5.74) is 1.06. The van der Waals surface area contributed by atoms with Crippen LogP contribution in [0.15, 0.2) is 42.5 Å². The number of aldehydes is 1. The first kappa shape index (κ1) is 17.2. The van der Waals surface area contributed by atoms with E-state index in [9.17, 15) is 18.0 Å². The Hall–Kier alpha value is -2.60. The highest BCUT2D eigenvalue weighted by molar-refractivity contribution is 5.75. The van der Waals surface area contributed by atoms with Crippen molar-refractivity contribution in [3.63, 3.8) is 0 Å². The number of fused-ring (bicyclic) bond motifs is 1. The van der Waals surface area contributed by atoms with Crippen LogP contribution in [0.3, 0.4) is 0 Å². The summed E-state index contributed by atoms with van der Waals surface area (Å²) >= 11 is 0. The van der Waals surface area contributed by atoms with Gasteiger partial charge < -0.3 is 9.47 Å². The van der Waals surface area contributed by atoms with E-state index in [0.29, 0.717) is 28.7 Å². The summed E-state index contributed by atoms with van der Waals surface area (Å²) in [5, 5.41) is 0. The summed E-state index contributed by atoms with van der Waals surface area (Å²) in [6, 6.07) is 8.96. The first-order valence-corrected chi connectivity index (χ1v) is 7.56. The van der Waals surface area contributed by atoms with E-state index in [-0.39, 0.29) is 12.2 Å². The van der Waals surface area contributed by atoms with Crippen LogP contribution in [0.4, 0.5) is 13.2 Å². The lowest BCUT2D eigenvalue weighted by molar-refractivity contribution is -0.137. The van der Waals surface area contributed by atoms with Crippen molar-refractivity contribution in [3.05, 3.63) is 70.3 Å². The second-order valence-electron chi connectivity index (χ2n) is 5.59. The number of hydrogen-bond acceptors (Lipinski definition) is 3. The average Bonchev–Trinajstić information content (AvgIpc) is 3.01. The van der Waals surface area contributed by atoms with Crippen molar-refractivity contribution in [2.75, 3.05) is 7.11 Å². The third-order valence-corrected chi connectivity index (χ3v) is 4.05. The molecule has 0 saturated heterocycles. The van der Waals surface area contributed by atoms with Gasteiger partial charge in [-0.05, 0) is 35.4 Å². The molecule has 3 nitrogen and oxygen atoms in total. The van der Waals surface area contributed by atoms with Crippen molar-refractivity contribution in [1.29, 1.82) is 0 Å². The van der Waals surface area contributed by atoms with Gasteiger partial charge in [-0.25, -0.2) is 0 Å². The van der Waals surface area contributed by atoms with Crippen LogP contribution < -0.4 is 4.74 Å². The quantitative estimate of drug-likeness (QED) is 0.728. The smallest absolute Gasteiger partial charge is 0.416 e. The first-order valence-electron chi connectivity index (χ1n) is 7.56. The molecule has 130 valence electrons. The van der Waals surface area contributed by atoms with Crippen LogP contribution in [0.25, 0.3) is 6.08 Å². The molecule has 1 atom stereocenters. The van der Waals surface area contributed by atoms with E-state index in [1.807, 2.05) is 0 Å². The number of carbonyl (C=O) groups is 1. The molecule has 3 rings (SSSR count). The monoisotopic (exact) mass is 348 g/mol. The Labute approximate surface area is 142 Å². The highest BCUT2D eigenvalue weighted by Gasteiger charge is 2.35. The number of rotatable bonds is 5. The fourth-order valence-corrected chi connectivity index (χ4v) is 2.86. The molecule has 0 amide bonds. The van der Waals surface area contributed by atoms with Crippen molar-refractivity contribution in [1.82, 2.24) is 0 Å². The van der Waals surface area contributed by atoms with Gasteiger partial charge in [0, 0.05) is 11.1 Å². The van der Waals surface area contributed by atoms with Gasteiger partial charge in [0.15, 0.2) is 0 Å². The number of hydrogen-bond donors (Lipinski definition) is 0. The fourth-order valence-electron chi connectivity index (χ4n) is 2.86. The summed E-state index contributed by atoms with van der Waals surface area (Å²) in [4.78, 5) is 10.9. The predicted molar refractivity (Wildman–Crippen MR) is 86.4 cm³/mol. The molecule has 0 heterocycles. The van der Waals surface area contributed by atoms with Crippen molar-refractivity contribution in [2.24, 2.45) is 0 Å². The Kier molecular flexibility index (Phi) is 4.63. The molecular formula is C19H15F3O3. The van der Waals surface area contributed by atoms with Crippen LogP contribution in [0.5, 0.6) is 5.75 Å². The zero-order valence-electron chi connectivity index (χ0n) is 13.3. The molecule has 0 fully saturated rings.